The molecule has 6 heteroatoms. The number of fused-ring (bicyclic) bond motifs is 1. The van der Waals surface area contributed by atoms with Gasteiger partial charge in [0.05, 0.1) is 18.1 Å². The largest absolute Gasteiger partial charge is 0.463 e. The fourth-order valence-corrected chi connectivity index (χ4v) is 3.02. The van der Waals surface area contributed by atoms with Gasteiger partial charge in [-0.3, -0.25) is 9.59 Å². The molecule has 0 bridgehead atoms. The Hall–Kier alpha value is -3.67. The number of hydrogen-bond donors (Lipinski definition) is 1. The van der Waals surface area contributed by atoms with E-state index >= 15 is 0 Å². The van der Waals surface area contributed by atoms with Crippen molar-refractivity contribution in [1.29, 1.82) is 0 Å². The summed E-state index contributed by atoms with van der Waals surface area (Å²) in [5, 5.41) is 7.41. The first kappa shape index (κ1) is 17.7. The van der Waals surface area contributed by atoms with Crippen LogP contribution in [0.2, 0.25) is 0 Å². The van der Waals surface area contributed by atoms with Crippen molar-refractivity contribution in [3.63, 3.8) is 0 Å². The predicted octanol–water partition coefficient (Wildman–Crippen LogP) is 3.91. The van der Waals surface area contributed by atoms with Gasteiger partial charge < -0.3 is 9.73 Å². The van der Waals surface area contributed by atoms with Crippen molar-refractivity contribution in [3.8, 4) is 0 Å². The van der Waals surface area contributed by atoms with Crippen LogP contribution in [0.3, 0.4) is 0 Å². The third-order valence-electron chi connectivity index (χ3n) is 4.58. The SMILES string of the molecule is Cc1ccc(Cn2nccc2NC(=O)c2coc3ccc(C)cc3c2=O)cc1. The third kappa shape index (κ3) is 3.44. The number of aromatic nitrogens is 2. The Morgan fingerprint density at radius 1 is 1.07 bits per heavy atom. The number of carbonyl (C=O) groups is 1. The van der Waals surface area contributed by atoms with E-state index in [2.05, 4.69) is 10.4 Å². The second-order valence-corrected chi connectivity index (χ2v) is 6.79. The molecule has 4 rings (SSSR count). The van der Waals surface area contributed by atoms with E-state index in [9.17, 15) is 9.59 Å². The fourth-order valence-electron chi connectivity index (χ4n) is 3.02. The van der Waals surface area contributed by atoms with Gasteiger partial charge in [-0.2, -0.15) is 5.10 Å². The lowest BCUT2D eigenvalue weighted by Crippen LogP contribution is -2.23. The molecule has 1 N–H and O–H groups in total. The molecule has 0 atom stereocenters. The minimum absolute atomic E-state index is 0.0406. The quantitative estimate of drug-likeness (QED) is 0.588. The molecule has 0 saturated carbocycles. The first-order valence-corrected chi connectivity index (χ1v) is 8.92. The van der Waals surface area contributed by atoms with Gasteiger partial charge in [-0.25, -0.2) is 4.68 Å². The Bertz CT molecular complexity index is 1220. The Balaban J connectivity index is 1.60. The van der Waals surface area contributed by atoms with Crippen molar-refractivity contribution in [2.24, 2.45) is 0 Å². The number of hydrogen-bond acceptors (Lipinski definition) is 4. The van der Waals surface area contributed by atoms with E-state index in [-0.39, 0.29) is 11.0 Å². The normalized spacial score (nSPS) is 10.9. The zero-order valence-electron chi connectivity index (χ0n) is 15.6. The Morgan fingerprint density at radius 2 is 1.82 bits per heavy atom. The van der Waals surface area contributed by atoms with Crippen LogP contribution < -0.4 is 10.7 Å². The van der Waals surface area contributed by atoms with Gasteiger partial charge in [-0.05, 0) is 31.5 Å². The van der Waals surface area contributed by atoms with Gasteiger partial charge in [0.2, 0.25) is 5.43 Å². The highest BCUT2D eigenvalue weighted by molar-refractivity contribution is 6.05. The number of carbonyl (C=O) groups excluding carboxylic acids is 1. The number of nitrogens with one attached hydrogen (secondary N) is 1. The predicted molar refractivity (Wildman–Crippen MR) is 108 cm³/mol. The number of aryl methyl sites for hydroxylation is 2. The molecule has 0 fully saturated rings. The molecule has 0 spiro atoms. The van der Waals surface area contributed by atoms with Crippen LogP contribution in [-0.4, -0.2) is 15.7 Å². The summed E-state index contributed by atoms with van der Waals surface area (Å²) < 4.78 is 7.15. The lowest BCUT2D eigenvalue weighted by Gasteiger charge is -2.09. The van der Waals surface area contributed by atoms with Crippen molar-refractivity contribution in [3.05, 3.63) is 93.5 Å². The van der Waals surface area contributed by atoms with Crippen LogP contribution in [-0.2, 0) is 6.54 Å². The van der Waals surface area contributed by atoms with Crippen molar-refractivity contribution >= 4 is 22.7 Å². The first-order chi connectivity index (χ1) is 13.5. The van der Waals surface area contributed by atoms with Crippen LogP contribution in [0.5, 0.6) is 0 Å². The van der Waals surface area contributed by atoms with E-state index in [4.69, 9.17) is 4.42 Å². The van der Waals surface area contributed by atoms with Crippen LogP contribution in [0.4, 0.5) is 5.82 Å². The lowest BCUT2D eigenvalue weighted by molar-refractivity contribution is 0.102. The fraction of sp³-hybridized carbons (Fsp3) is 0.136. The van der Waals surface area contributed by atoms with E-state index in [1.54, 1.807) is 29.1 Å². The second-order valence-electron chi connectivity index (χ2n) is 6.79. The Kier molecular flexibility index (Phi) is 4.53. The van der Waals surface area contributed by atoms with E-state index in [1.165, 1.54) is 11.8 Å². The molecule has 0 unspecified atom stereocenters. The average Bonchev–Trinajstić information content (AvgIpc) is 3.11. The molecule has 4 aromatic rings. The highest BCUT2D eigenvalue weighted by Crippen LogP contribution is 2.15. The molecule has 2 heterocycles. The van der Waals surface area contributed by atoms with E-state index in [0.29, 0.717) is 23.3 Å². The molecule has 28 heavy (non-hydrogen) atoms. The molecule has 0 aliphatic rings. The maximum Gasteiger partial charge on any atom is 0.263 e. The summed E-state index contributed by atoms with van der Waals surface area (Å²) in [7, 11) is 0. The second kappa shape index (κ2) is 7.15. The summed E-state index contributed by atoms with van der Waals surface area (Å²) in [6.45, 7) is 4.42. The molecule has 2 aromatic carbocycles. The van der Waals surface area contributed by atoms with Gasteiger partial charge in [0, 0.05) is 6.07 Å². The molecule has 2 aromatic heterocycles. The van der Waals surface area contributed by atoms with Crippen LogP contribution in [0.1, 0.15) is 27.0 Å². The van der Waals surface area contributed by atoms with Crippen molar-refractivity contribution in [1.82, 2.24) is 9.78 Å². The molecule has 0 radical (unpaired) electrons. The monoisotopic (exact) mass is 373 g/mol. The smallest absolute Gasteiger partial charge is 0.263 e. The summed E-state index contributed by atoms with van der Waals surface area (Å²) in [6, 6.07) is 15.1. The number of rotatable bonds is 4. The van der Waals surface area contributed by atoms with Crippen LogP contribution >= 0.6 is 0 Å². The molecule has 1 amide bonds. The molecule has 0 aliphatic heterocycles. The number of anilines is 1. The molecule has 140 valence electrons. The van der Waals surface area contributed by atoms with Crippen LogP contribution in [0, 0.1) is 13.8 Å². The zero-order chi connectivity index (χ0) is 19.7. The maximum atomic E-state index is 12.7. The van der Waals surface area contributed by atoms with E-state index in [1.807, 2.05) is 44.2 Å². The summed E-state index contributed by atoms with van der Waals surface area (Å²) in [4.78, 5) is 25.4. The lowest BCUT2D eigenvalue weighted by atomic mass is 10.1. The molecule has 0 saturated heterocycles. The van der Waals surface area contributed by atoms with Gasteiger partial charge in [0.1, 0.15) is 23.2 Å². The standard InChI is InChI=1S/C22H19N3O3/c1-14-3-6-16(7-4-14)12-25-20(9-10-23-25)24-22(27)18-13-28-19-8-5-15(2)11-17(19)21(18)26/h3-11,13H,12H2,1-2H3,(H,24,27). The van der Waals surface area contributed by atoms with Crippen molar-refractivity contribution in [2.75, 3.05) is 5.32 Å². The average molecular weight is 373 g/mol. The molecule has 0 aliphatic carbocycles. The first-order valence-electron chi connectivity index (χ1n) is 8.92. The minimum Gasteiger partial charge on any atom is -0.463 e. The Morgan fingerprint density at radius 3 is 2.61 bits per heavy atom. The highest BCUT2D eigenvalue weighted by atomic mass is 16.3. The topological polar surface area (TPSA) is 77.1 Å². The Labute approximate surface area is 161 Å². The van der Waals surface area contributed by atoms with Crippen molar-refractivity contribution in [2.45, 2.75) is 20.4 Å². The number of benzene rings is 2. The van der Waals surface area contributed by atoms with Gasteiger partial charge in [0.15, 0.2) is 0 Å². The van der Waals surface area contributed by atoms with Crippen molar-refractivity contribution < 1.29 is 9.21 Å². The molecular weight excluding hydrogens is 354 g/mol. The number of amides is 1. The van der Waals surface area contributed by atoms with Gasteiger partial charge in [0.25, 0.3) is 5.91 Å². The molecule has 6 nitrogen and oxygen atoms in total. The number of nitrogens with zero attached hydrogens (tertiary/aromatic N) is 2. The highest BCUT2D eigenvalue weighted by Gasteiger charge is 2.16. The summed E-state index contributed by atoms with van der Waals surface area (Å²) in [5.74, 6) is -0.0165. The van der Waals surface area contributed by atoms with Crippen LogP contribution in [0.25, 0.3) is 11.0 Å². The summed E-state index contributed by atoms with van der Waals surface area (Å²) in [6.07, 6.45) is 2.81. The maximum absolute atomic E-state index is 12.7. The van der Waals surface area contributed by atoms with Gasteiger partial charge in [-0.1, -0.05) is 41.5 Å². The summed E-state index contributed by atoms with van der Waals surface area (Å²) in [5.41, 5.74) is 3.22. The zero-order valence-corrected chi connectivity index (χ0v) is 15.6. The molecular formula is C22H19N3O3. The minimum atomic E-state index is -0.525. The van der Waals surface area contributed by atoms with E-state index < -0.39 is 5.91 Å². The van der Waals surface area contributed by atoms with Gasteiger partial charge >= 0.3 is 0 Å². The van der Waals surface area contributed by atoms with Crippen LogP contribution in [0.15, 0.2) is 70.2 Å². The summed E-state index contributed by atoms with van der Waals surface area (Å²) >= 11 is 0. The van der Waals surface area contributed by atoms with E-state index in [0.717, 1.165) is 11.1 Å². The van der Waals surface area contributed by atoms with Gasteiger partial charge in [-0.15, -0.1) is 0 Å². The third-order valence-corrected chi connectivity index (χ3v) is 4.58.